The van der Waals surface area contributed by atoms with Crippen LogP contribution in [0.5, 0.6) is 0 Å². The maximum absolute atomic E-state index is 10.2. The smallest absolute Gasteiger partial charge is 0.169 e. The molecular formula is C7H6ClNO. The number of aromatic nitrogens is 1. The van der Waals surface area contributed by atoms with Crippen molar-refractivity contribution in [2.45, 2.75) is 6.92 Å². The van der Waals surface area contributed by atoms with Crippen LogP contribution in [-0.4, -0.2) is 11.3 Å². The van der Waals surface area contributed by atoms with Crippen molar-refractivity contribution in [1.29, 1.82) is 0 Å². The predicted molar refractivity (Wildman–Crippen MR) is 39.4 cm³/mol. The molecule has 0 saturated carbocycles. The van der Waals surface area contributed by atoms with Gasteiger partial charge in [-0.1, -0.05) is 11.6 Å². The summed E-state index contributed by atoms with van der Waals surface area (Å²) in [5.74, 6) is 0. The van der Waals surface area contributed by atoms with Gasteiger partial charge in [0.1, 0.15) is 5.69 Å². The van der Waals surface area contributed by atoms with E-state index in [9.17, 15) is 4.79 Å². The van der Waals surface area contributed by atoms with Crippen molar-refractivity contribution in [3.05, 3.63) is 28.5 Å². The molecule has 0 aliphatic heterocycles. The first-order chi connectivity index (χ1) is 4.75. The summed E-state index contributed by atoms with van der Waals surface area (Å²) >= 11 is 5.70. The maximum Gasteiger partial charge on any atom is 0.169 e. The molecule has 0 atom stereocenters. The average Bonchev–Trinajstić information content (AvgIpc) is 1.95. The lowest BCUT2D eigenvalue weighted by atomic mass is 10.2. The third-order valence-corrected chi connectivity index (χ3v) is 1.71. The van der Waals surface area contributed by atoms with Crippen LogP contribution in [0.4, 0.5) is 0 Å². The lowest BCUT2D eigenvalue weighted by Crippen LogP contribution is -1.88. The number of aldehydes is 1. The number of hydrogen-bond donors (Lipinski definition) is 0. The number of carbonyl (C=O) groups is 1. The second-order valence-corrected chi connectivity index (χ2v) is 2.32. The number of pyridine rings is 1. The number of nitrogens with zero attached hydrogens (tertiary/aromatic N) is 1. The zero-order valence-electron chi connectivity index (χ0n) is 5.47. The first-order valence-electron chi connectivity index (χ1n) is 2.82. The van der Waals surface area contributed by atoms with E-state index in [1.807, 2.05) is 6.92 Å². The molecule has 0 spiro atoms. The van der Waals surface area contributed by atoms with E-state index >= 15 is 0 Å². The third-order valence-electron chi connectivity index (χ3n) is 1.22. The van der Waals surface area contributed by atoms with Gasteiger partial charge in [0.25, 0.3) is 0 Å². The monoisotopic (exact) mass is 155 g/mol. The van der Waals surface area contributed by atoms with Crippen LogP contribution in [0.1, 0.15) is 16.1 Å². The average molecular weight is 156 g/mol. The van der Waals surface area contributed by atoms with E-state index in [-0.39, 0.29) is 0 Å². The van der Waals surface area contributed by atoms with Gasteiger partial charge in [-0.15, -0.1) is 0 Å². The largest absolute Gasteiger partial charge is 0.296 e. The van der Waals surface area contributed by atoms with Gasteiger partial charge in [0.2, 0.25) is 0 Å². The van der Waals surface area contributed by atoms with Crippen LogP contribution < -0.4 is 0 Å². The first-order valence-corrected chi connectivity index (χ1v) is 3.20. The highest BCUT2D eigenvalue weighted by Crippen LogP contribution is 2.15. The van der Waals surface area contributed by atoms with Crippen molar-refractivity contribution in [3.63, 3.8) is 0 Å². The molecule has 0 radical (unpaired) electrons. The van der Waals surface area contributed by atoms with Gasteiger partial charge >= 0.3 is 0 Å². The fourth-order valence-electron chi connectivity index (χ4n) is 0.643. The van der Waals surface area contributed by atoms with Gasteiger partial charge < -0.3 is 0 Å². The fourth-order valence-corrected chi connectivity index (χ4v) is 0.800. The molecule has 1 aromatic heterocycles. The van der Waals surface area contributed by atoms with Crippen LogP contribution in [-0.2, 0) is 0 Å². The molecule has 0 aliphatic rings. The summed E-state index contributed by atoms with van der Waals surface area (Å²) < 4.78 is 0. The standard InChI is InChI=1S/C7H6ClNO/c1-5-2-3-9-6(4-10)7(5)8/h2-4H,1H3. The minimum Gasteiger partial charge on any atom is -0.296 e. The summed E-state index contributed by atoms with van der Waals surface area (Å²) in [5, 5.41) is 0.442. The van der Waals surface area contributed by atoms with Gasteiger partial charge in [-0.2, -0.15) is 0 Å². The number of halogens is 1. The summed E-state index contributed by atoms with van der Waals surface area (Å²) in [6, 6.07) is 1.76. The normalized spacial score (nSPS) is 9.40. The van der Waals surface area contributed by atoms with Crippen LogP contribution >= 0.6 is 11.6 Å². The molecule has 0 unspecified atom stereocenters. The lowest BCUT2D eigenvalue weighted by Gasteiger charge is -1.96. The Labute approximate surface area is 63.8 Å². The van der Waals surface area contributed by atoms with E-state index in [0.29, 0.717) is 17.0 Å². The number of rotatable bonds is 1. The SMILES string of the molecule is Cc1ccnc(C=O)c1Cl. The molecule has 0 N–H and O–H groups in total. The first kappa shape index (κ1) is 7.22. The highest BCUT2D eigenvalue weighted by Gasteiger charge is 2.00. The predicted octanol–water partition coefficient (Wildman–Crippen LogP) is 1.86. The Morgan fingerprint density at radius 3 is 2.90 bits per heavy atom. The number of carbonyl (C=O) groups excluding carboxylic acids is 1. The summed E-state index contributed by atoms with van der Waals surface area (Å²) in [6.07, 6.45) is 2.21. The van der Waals surface area contributed by atoms with Crippen molar-refractivity contribution in [3.8, 4) is 0 Å². The van der Waals surface area contributed by atoms with Crippen LogP contribution in [0.3, 0.4) is 0 Å². The van der Waals surface area contributed by atoms with Gasteiger partial charge in [-0.05, 0) is 18.6 Å². The Hall–Kier alpha value is -0.890. The Kier molecular flexibility index (Phi) is 2.02. The molecule has 2 nitrogen and oxygen atoms in total. The molecule has 3 heteroatoms. The molecule has 0 aliphatic carbocycles. The molecule has 1 heterocycles. The van der Waals surface area contributed by atoms with Crippen LogP contribution in [0.25, 0.3) is 0 Å². The Morgan fingerprint density at radius 1 is 1.70 bits per heavy atom. The fraction of sp³-hybridized carbons (Fsp3) is 0.143. The van der Waals surface area contributed by atoms with Crippen molar-refractivity contribution in [1.82, 2.24) is 4.98 Å². The van der Waals surface area contributed by atoms with Gasteiger partial charge in [-0.25, -0.2) is 0 Å². The van der Waals surface area contributed by atoms with E-state index in [1.54, 1.807) is 12.3 Å². The zero-order valence-corrected chi connectivity index (χ0v) is 6.22. The van der Waals surface area contributed by atoms with Crippen molar-refractivity contribution in [2.75, 3.05) is 0 Å². The quantitative estimate of drug-likeness (QED) is 0.580. The molecule has 10 heavy (non-hydrogen) atoms. The minimum absolute atomic E-state index is 0.307. The molecule has 52 valence electrons. The third kappa shape index (κ3) is 1.16. The van der Waals surface area contributed by atoms with E-state index in [2.05, 4.69) is 4.98 Å². The summed E-state index contributed by atoms with van der Waals surface area (Å²) in [5.41, 5.74) is 1.18. The second kappa shape index (κ2) is 2.80. The Morgan fingerprint density at radius 2 is 2.40 bits per heavy atom. The van der Waals surface area contributed by atoms with Gasteiger partial charge in [0, 0.05) is 6.20 Å². The van der Waals surface area contributed by atoms with Crippen molar-refractivity contribution >= 4 is 17.9 Å². The minimum atomic E-state index is 0.307. The second-order valence-electron chi connectivity index (χ2n) is 1.94. The highest BCUT2D eigenvalue weighted by molar-refractivity contribution is 6.33. The molecule has 0 saturated heterocycles. The highest BCUT2D eigenvalue weighted by atomic mass is 35.5. The topological polar surface area (TPSA) is 30.0 Å². The molecule has 0 bridgehead atoms. The zero-order chi connectivity index (χ0) is 7.56. The maximum atomic E-state index is 10.2. The summed E-state index contributed by atoms with van der Waals surface area (Å²) in [6.45, 7) is 1.83. The molecule has 0 aromatic carbocycles. The Balaban J connectivity index is 3.27. The molecular weight excluding hydrogens is 150 g/mol. The van der Waals surface area contributed by atoms with Gasteiger partial charge in [-0.3, -0.25) is 9.78 Å². The van der Waals surface area contributed by atoms with Crippen LogP contribution in [0.15, 0.2) is 12.3 Å². The van der Waals surface area contributed by atoms with E-state index < -0.39 is 0 Å². The summed E-state index contributed by atoms with van der Waals surface area (Å²) in [7, 11) is 0. The number of hydrogen-bond acceptors (Lipinski definition) is 2. The molecule has 0 fully saturated rings. The van der Waals surface area contributed by atoms with E-state index in [4.69, 9.17) is 11.6 Å². The molecule has 1 rings (SSSR count). The molecule has 1 aromatic rings. The number of aryl methyl sites for hydroxylation is 1. The van der Waals surface area contributed by atoms with Gasteiger partial charge in [0.15, 0.2) is 6.29 Å². The van der Waals surface area contributed by atoms with E-state index in [0.717, 1.165) is 5.56 Å². The van der Waals surface area contributed by atoms with Crippen LogP contribution in [0, 0.1) is 6.92 Å². The van der Waals surface area contributed by atoms with E-state index in [1.165, 1.54) is 0 Å². The Bertz CT molecular complexity index is 260. The van der Waals surface area contributed by atoms with Crippen molar-refractivity contribution < 1.29 is 4.79 Å². The summed E-state index contributed by atoms with van der Waals surface area (Å²) in [4.78, 5) is 14.0. The van der Waals surface area contributed by atoms with Gasteiger partial charge in [0.05, 0.1) is 5.02 Å². The van der Waals surface area contributed by atoms with Crippen LogP contribution in [0.2, 0.25) is 5.02 Å². The lowest BCUT2D eigenvalue weighted by molar-refractivity contribution is 0.111. The molecule has 0 amide bonds. The van der Waals surface area contributed by atoms with Crippen molar-refractivity contribution in [2.24, 2.45) is 0 Å².